The van der Waals surface area contributed by atoms with Gasteiger partial charge >= 0.3 is 0 Å². The van der Waals surface area contributed by atoms with Crippen LogP contribution in [0.25, 0.3) is 0 Å². The predicted octanol–water partition coefficient (Wildman–Crippen LogP) is -1.19. The van der Waals surface area contributed by atoms with Gasteiger partial charge in [0, 0.05) is 13.1 Å². The van der Waals surface area contributed by atoms with Crippen molar-refractivity contribution in [3.8, 4) is 0 Å². The van der Waals surface area contributed by atoms with Crippen molar-refractivity contribution in [2.45, 2.75) is 0 Å². The van der Waals surface area contributed by atoms with Gasteiger partial charge < -0.3 is 15.8 Å². The van der Waals surface area contributed by atoms with Crippen LogP contribution in [0.4, 0.5) is 5.82 Å². The largest absolute Gasteiger partial charge is 0.409 e. The Hall–Kier alpha value is -1.90. The van der Waals surface area contributed by atoms with E-state index in [4.69, 9.17) is 10.9 Å². The van der Waals surface area contributed by atoms with Crippen molar-refractivity contribution >= 4 is 21.5 Å². The highest BCUT2D eigenvalue weighted by molar-refractivity contribution is 7.91. The van der Waals surface area contributed by atoms with Crippen LogP contribution in [0.5, 0.6) is 0 Å². The third-order valence-corrected chi connectivity index (χ3v) is 4.29. The number of anilines is 1. The Bertz CT molecular complexity index is 540. The zero-order chi connectivity index (χ0) is 13.2. The number of rotatable bonds is 2. The summed E-state index contributed by atoms with van der Waals surface area (Å²) in [6, 6.07) is 0. The molecule has 0 aromatic carbocycles. The second kappa shape index (κ2) is 4.77. The first kappa shape index (κ1) is 12.6. The molecule has 8 nitrogen and oxygen atoms in total. The Balaban J connectivity index is 2.11. The van der Waals surface area contributed by atoms with Crippen LogP contribution < -0.4 is 10.6 Å². The molecule has 9 heteroatoms. The maximum atomic E-state index is 11.3. The third-order valence-electron chi connectivity index (χ3n) is 2.68. The molecule has 0 amide bonds. The Labute approximate surface area is 104 Å². The minimum Gasteiger partial charge on any atom is -0.409 e. The molecule has 0 bridgehead atoms. The van der Waals surface area contributed by atoms with Crippen LogP contribution in [-0.2, 0) is 9.84 Å². The van der Waals surface area contributed by atoms with E-state index in [2.05, 4.69) is 15.1 Å². The van der Waals surface area contributed by atoms with Crippen LogP contribution in [0.15, 0.2) is 17.5 Å². The van der Waals surface area contributed by atoms with Gasteiger partial charge in [-0.3, -0.25) is 0 Å². The normalized spacial score (nSPS) is 19.8. The van der Waals surface area contributed by atoms with Gasteiger partial charge in [-0.25, -0.2) is 18.4 Å². The Morgan fingerprint density at radius 2 is 2.00 bits per heavy atom. The molecule has 2 rings (SSSR count). The number of nitrogens with zero attached hydrogens (tertiary/aromatic N) is 4. The van der Waals surface area contributed by atoms with E-state index < -0.39 is 9.84 Å². The molecule has 0 radical (unpaired) electrons. The Morgan fingerprint density at radius 3 is 2.50 bits per heavy atom. The summed E-state index contributed by atoms with van der Waals surface area (Å²) in [7, 11) is -2.91. The number of aromatic nitrogens is 2. The number of oxime groups is 1. The van der Waals surface area contributed by atoms with E-state index in [0.717, 1.165) is 0 Å². The van der Waals surface area contributed by atoms with Crippen LogP contribution in [0.2, 0.25) is 0 Å². The smallest absolute Gasteiger partial charge is 0.190 e. The molecular formula is C9H13N5O3S. The number of hydrogen-bond donors (Lipinski definition) is 2. The lowest BCUT2D eigenvalue weighted by Crippen LogP contribution is -2.40. The summed E-state index contributed by atoms with van der Waals surface area (Å²) in [6.07, 6.45) is 2.86. The summed E-state index contributed by atoms with van der Waals surface area (Å²) < 4.78 is 22.6. The fourth-order valence-electron chi connectivity index (χ4n) is 1.61. The van der Waals surface area contributed by atoms with Crippen molar-refractivity contribution in [3.05, 3.63) is 18.1 Å². The van der Waals surface area contributed by atoms with Gasteiger partial charge in [-0.2, -0.15) is 0 Å². The SMILES string of the molecule is NC(=NO)c1cnc(N2CCS(=O)(=O)CC2)cn1. The second-order valence-electron chi connectivity index (χ2n) is 3.88. The van der Waals surface area contributed by atoms with E-state index in [-0.39, 0.29) is 23.0 Å². The van der Waals surface area contributed by atoms with E-state index in [0.29, 0.717) is 18.9 Å². The summed E-state index contributed by atoms with van der Waals surface area (Å²) >= 11 is 0. The molecule has 3 N–H and O–H groups in total. The van der Waals surface area contributed by atoms with Gasteiger partial charge in [0.1, 0.15) is 11.5 Å². The average Bonchev–Trinajstić information content (AvgIpc) is 2.38. The van der Waals surface area contributed by atoms with Crippen molar-refractivity contribution in [1.82, 2.24) is 9.97 Å². The zero-order valence-electron chi connectivity index (χ0n) is 9.52. The average molecular weight is 271 g/mol. The molecule has 98 valence electrons. The Kier molecular flexibility index (Phi) is 3.32. The lowest BCUT2D eigenvalue weighted by atomic mass is 10.4. The van der Waals surface area contributed by atoms with Gasteiger partial charge in [-0.15, -0.1) is 0 Å². The van der Waals surface area contributed by atoms with Gasteiger partial charge in [-0.05, 0) is 0 Å². The molecule has 1 aromatic rings. The number of sulfone groups is 1. The van der Waals surface area contributed by atoms with Crippen LogP contribution in [-0.4, -0.2) is 54.0 Å². The van der Waals surface area contributed by atoms with E-state index >= 15 is 0 Å². The molecule has 0 atom stereocenters. The zero-order valence-corrected chi connectivity index (χ0v) is 10.3. The topological polar surface area (TPSA) is 122 Å². The third kappa shape index (κ3) is 2.67. The van der Waals surface area contributed by atoms with Crippen molar-refractivity contribution in [1.29, 1.82) is 0 Å². The molecule has 2 heterocycles. The molecule has 18 heavy (non-hydrogen) atoms. The summed E-state index contributed by atoms with van der Waals surface area (Å²) in [5.41, 5.74) is 5.63. The fraction of sp³-hybridized carbons (Fsp3) is 0.444. The van der Waals surface area contributed by atoms with Gasteiger partial charge in [0.15, 0.2) is 15.7 Å². The van der Waals surface area contributed by atoms with E-state index in [1.807, 2.05) is 4.90 Å². The molecule has 1 aliphatic rings. The summed E-state index contributed by atoms with van der Waals surface area (Å²) in [4.78, 5) is 9.94. The quantitative estimate of drug-likeness (QED) is 0.300. The van der Waals surface area contributed by atoms with Crippen LogP contribution >= 0.6 is 0 Å². The summed E-state index contributed by atoms with van der Waals surface area (Å²) in [5.74, 6) is 0.711. The molecule has 1 fully saturated rings. The number of nitrogens with two attached hydrogens (primary N) is 1. The first-order chi connectivity index (χ1) is 8.52. The summed E-state index contributed by atoms with van der Waals surface area (Å²) in [6.45, 7) is 0.805. The highest BCUT2D eigenvalue weighted by Crippen LogP contribution is 2.13. The van der Waals surface area contributed by atoms with Crippen molar-refractivity contribution in [3.63, 3.8) is 0 Å². The van der Waals surface area contributed by atoms with Crippen LogP contribution in [0.3, 0.4) is 0 Å². The maximum absolute atomic E-state index is 11.3. The number of hydrogen-bond acceptors (Lipinski definition) is 7. The van der Waals surface area contributed by atoms with Gasteiger partial charge in [0.05, 0.1) is 23.9 Å². The molecule has 0 aliphatic carbocycles. The minimum absolute atomic E-state index is 0.115. The lowest BCUT2D eigenvalue weighted by molar-refractivity contribution is 0.318. The minimum atomic E-state index is -2.91. The van der Waals surface area contributed by atoms with E-state index in [1.54, 1.807) is 0 Å². The number of amidine groups is 1. The monoisotopic (exact) mass is 271 g/mol. The van der Waals surface area contributed by atoms with E-state index in [1.165, 1.54) is 12.4 Å². The van der Waals surface area contributed by atoms with Crippen molar-refractivity contribution in [2.24, 2.45) is 10.9 Å². The van der Waals surface area contributed by atoms with E-state index in [9.17, 15) is 8.42 Å². The molecular weight excluding hydrogens is 258 g/mol. The lowest BCUT2D eigenvalue weighted by Gasteiger charge is -2.27. The maximum Gasteiger partial charge on any atom is 0.190 e. The highest BCUT2D eigenvalue weighted by atomic mass is 32.2. The van der Waals surface area contributed by atoms with Crippen LogP contribution in [0.1, 0.15) is 5.69 Å². The molecule has 0 unspecified atom stereocenters. The Morgan fingerprint density at radius 1 is 1.33 bits per heavy atom. The summed E-state index contributed by atoms with van der Waals surface area (Å²) in [5, 5.41) is 11.3. The first-order valence-electron chi connectivity index (χ1n) is 5.27. The second-order valence-corrected chi connectivity index (χ2v) is 6.19. The predicted molar refractivity (Wildman–Crippen MR) is 65.4 cm³/mol. The molecule has 0 spiro atoms. The fourth-order valence-corrected chi connectivity index (χ4v) is 2.81. The molecule has 1 aliphatic heterocycles. The van der Waals surface area contributed by atoms with Gasteiger partial charge in [-0.1, -0.05) is 5.16 Å². The molecule has 1 saturated heterocycles. The standard InChI is InChI=1S/C9H13N5O3S/c10-9(13-15)7-5-12-8(6-11-7)14-1-3-18(16,17)4-2-14/h5-6,15H,1-4H2,(H2,10,13). The highest BCUT2D eigenvalue weighted by Gasteiger charge is 2.22. The van der Waals surface area contributed by atoms with Crippen molar-refractivity contribution < 1.29 is 13.6 Å². The molecule has 0 saturated carbocycles. The first-order valence-corrected chi connectivity index (χ1v) is 7.09. The van der Waals surface area contributed by atoms with Crippen LogP contribution in [0, 0.1) is 0 Å². The molecule has 1 aromatic heterocycles. The van der Waals surface area contributed by atoms with Crippen molar-refractivity contribution in [2.75, 3.05) is 29.5 Å². The van der Waals surface area contributed by atoms with Gasteiger partial charge in [0.25, 0.3) is 0 Å². The van der Waals surface area contributed by atoms with Gasteiger partial charge in [0.2, 0.25) is 0 Å².